The topological polar surface area (TPSA) is 100 Å². The molecule has 0 heterocycles. The number of alkyl halides is 1. The van der Waals surface area contributed by atoms with Gasteiger partial charge in [-0.2, -0.15) is 0 Å². The summed E-state index contributed by atoms with van der Waals surface area (Å²) < 4.78 is 48.3. The molecule has 204 valence electrons. The summed E-state index contributed by atoms with van der Waals surface area (Å²) >= 11 is 3.29. The Kier molecular flexibility index (Phi) is 25.4. The Hall–Kier alpha value is -0.370. The van der Waals surface area contributed by atoms with Gasteiger partial charge in [0.15, 0.2) is 0 Å². The summed E-state index contributed by atoms with van der Waals surface area (Å²) in [4.78, 5) is 11.5. The van der Waals surface area contributed by atoms with Crippen molar-refractivity contribution in [2.24, 2.45) is 0 Å². The van der Waals surface area contributed by atoms with Crippen molar-refractivity contribution < 1.29 is 47.4 Å². The van der Waals surface area contributed by atoms with Gasteiger partial charge in [0.05, 0.1) is 112 Å². The highest BCUT2D eigenvalue weighted by Gasteiger charge is 2.15. The van der Waals surface area contributed by atoms with E-state index in [1.54, 1.807) is 0 Å². The summed E-state index contributed by atoms with van der Waals surface area (Å²) in [6.07, 6.45) is 0.239. The van der Waals surface area contributed by atoms with E-state index in [0.29, 0.717) is 106 Å². The van der Waals surface area contributed by atoms with Crippen LogP contribution in [0.2, 0.25) is 0 Å². The minimum Gasteiger partial charge on any atom is -0.460 e. The van der Waals surface area contributed by atoms with E-state index >= 15 is 0 Å². The molecule has 34 heavy (non-hydrogen) atoms. The monoisotopic (exact) mass is 560 g/mol. The zero-order chi connectivity index (χ0) is 25.2. The Morgan fingerprint density at radius 2 is 0.765 bits per heavy atom. The molecule has 0 aliphatic rings. The molecule has 0 saturated carbocycles. The lowest BCUT2D eigenvalue weighted by molar-refractivity contribution is -0.156. The Balaban J connectivity index is 3.10. The molecule has 0 aromatic carbocycles. The van der Waals surface area contributed by atoms with Crippen molar-refractivity contribution >= 4 is 21.9 Å². The van der Waals surface area contributed by atoms with Gasteiger partial charge in [0, 0.05) is 5.33 Å². The van der Waals surface area contributed by atoms with Gasteiger partial charge in [-0.15, -0.1) is 0 Å². The SMILES string of the molecule is CC(C)(C)OC(=O)CCOCCOCCOCCOCCOCCOCCOCCOCCBr. The van der Waals surface area contributed by atoms with E-state index in [-0.39, 0.29) is 12.4 Å². The fourth-order valence-corrected chi connectivity index (χ4v) is 2.47. The van der Waals surface area contributed by atoms with E-state index in [9.17, 15) is 4.79 Å². The predicted molar refractivity (Wildman–Crippen MR) is 131 cm³/mol. The van der Waals surface area contributed by atoms with Crippen LogP contribution in [0.4, 0.5) is 0 Å². The van der Waals surface area contributed by atoms with Crippen LogP contribution in [0.25, 0.3) is 0 Å². The van der Waals surface area contributed by atoms with Gasteiger partial charge in [-0.1, -0.05) is 15.9 Å². The van der Waals surface area contributed by atoms with Crippen LogP contribution in [0, 0.1) is 0 Å². The summed E-state index contributed by atoms with van der Waals surface area (Å²) in [5.74, 6) is -0.259. The smallest absolute Gasteiger partial charge is 0.308 e. The summed E-state index contributed by atoms with van der Waals surface area (Å²) in [6, 6.07) is 0. The second-order valence-corrected chi connectivity index (χ2v) is 8.72. The van der Waals surface area contributed by atoms with Crippen molar-refractivity contribution in [1.82, 2.24) is 0 Å². The number of hydrogen-bond acceptors (Lipinski definition) is 10. The Morgan fingerprint density at radius 3 is 1.03 bits per heavy atom. The van der Waals surface area contributed by atoms with Gasteiger partial charge in [-0.25, -0.2) is 0 Å². The van der Waals surface area contributed by atoms with E-state index in [2.05, 4.69) is 15.9 Å². The molecule has 0 N–H and O–H groups in total. The van der Waals surface area contributed by atoms with Gasteiger partial charge in [-0.3, -0.25) is 4.79 Å². The van der Waals surface area contributed by atoms with Gasteiger partial charge >= 0.3 is 5.97 Å². The molecule has 0 amide bonds. The van der Waals surface area contributed by atoms with Crippen molar-refractivity contribution in [2.45, 2.75) is 32.8 Å². The van der Waals surface area contributed by atoms with Crippen molar-refractivity contribution in [1.29, 1.82) is 0 Å². The Bertz CT molecular complexity index is 434. The maximum absolute atomic E-state index is 11.5. The molecular weight excluding hydrogens is 516 g/mol. The maximum atomic E-state index is 11.5. The van der Waals surface area contributed by atoms with E-state index in [4.69, 9.17) is 42.6 Å². The highest BCUT2D eigenvalue weighted by molar-refractivity contribution is 9.09. The van der Waals surface area contributed by atoms with Crippen LogP contribution in [-0.4, -0.2) is 123 Å². The molecule has 0 aliphatic carbocycles. The summed E-state index contributed by atoms with van der Waals surface area (Å²) in [5.41, 5.74) is -0.465. The number of ether oxygens (including phenoxy) is 9. The molecule has 11 heteroatoms. The lowest BCUT2D eigenvalue weighted by atomic mass is 10.2. The first kappa shape index (κ1) is 33.6. The maximum Gasteiger partial charge on any atom is 0.308 e. The highest BCUT2D eigenvalue weighted by atomic mass is 79.9. The second-order valence-electron chi connectivity index (χ2n) is 7.92. The van der Waals surface area contributed by atoms with E-state index in [1.807, 2.05) is 20.8 Å². The van der Waals surface area contributed by atoms with E-state index in [0.717, 1.165) is 5.33 Å². The van der Waals surface area contributed by atoms with Crippen LogP contribution in [-0.2, 0) is 47.4 Å². The molecule has 0 atom stereocenters. The lowest BCUT2D eigenvalue weighted by Crippen LogP contribution is -2.24. The molecule has 0 saturated heterocycles. The number of rotatable bonds is 26. The summed E-state index contributed by atoms with van der Waals surface area (Å²) in [5, 5.41) is 0.837. The van der Waals surface area contributed by atoms with Crippen molar-refractivity contribution in [3.05, 3.63) is 0 Å². The fourth-order valence-electron chi connectivity index (χ4n) is 2.24. The lowest BCUT2D eigenvalue weighted by Gasteiger charge is -2.19. The fraction of sp³-hybridized carbons (Fsp3) is 0.957. The number of halogens is 1. The van der Waals surface area contributed by atoms with Crippen molar-refractivity contribution in [3.63, 3.8) is 0 Å². The Morgan fingerprint density at radius 1 is 0.500 bits per heavy atom. The van der Waals surface area contributed by atoms with Crippen molar-refractivity contribution in [3.8, 4) is 0 Å². The summed E-state index contributed by atoms with van der Waals surface area (Å²) in [7, 11) is 0. The van der Waals surface area contributed by atoms with Gasteiger partial charge in [-0.05, 0) is 20.8 Å². The second kappa shape index (κ2) is 25.7. The first-order valence-corrected chi connectivity index (χ1v) is 13.0. The van der Waals surface area contributed by atoms with Crippen LogP contribution < -0.4 is 0 Å². The number of carbonyl (C=O) groups excluding carboxylic acids is 1. The number of carbonyl (C=O) groups is 1. The summed E-state index contributed by atoms with van der Waals surface area (Å²) in [6.45, 7) is 13.7. The molecule has 0 radical (unpaired) electrons. The van der Waals surface area contributed by atoms with Gasteiger partial charge < -0.3 is 42.6 Å². The average Bonchev–Trinajstić information content (AvgIpc) is 2.78. The Labute approximate surface area is 213 Å². The standard InChI is InChI=1S/C23H45BrO10/c1-23(2,3)34-22(25)4-6-26-8-10-28-12-14-30-16-18-32-20-21-33-19-17-31-15-13-29-11-9-27-7-5-24/h4-21H2,1-3H3. The van der Waals surface area contributed by atoms with Crippen LogP contribution >= 0.6 is 15.9 Å². The zero-order valence-electron chi connectivity index (χ0n) is 21.2. The number of hydrogen-bond donors (Lipinski definition) is 0. The van der Waals surface area contributed by atoms with Gasteiger partial charge in [0.1, 0.15) is 5.60 Å². The molecule has 0 bridgehead atoms. The third-order valence-corrected chi connectivity index (χ3v) is 4.02. The zero-order valence-corrected chi connectivity index (χ0v) is 22.8. The molecular formula is C23H45BrO10. The molecule has 0 aromatic heterocycles. The van der Waals surface area contributed by atoms with E-state index < -0.39 is 5.60 Å². The third-order valence-electron chi connectivity index (χ3n) is 3.70. The normalized spacial score (nSPS) is 11.8. The van der Waals surface area contributed by atoms with Crippen LogP contribution in [0.15, 0.2) is 0 Å². The minimum atomic E-state index is -0.465. The molecule has 0 spiro atoms. The highest BCUT2D eigenvalue weighted by Crippen LogP contribution is 2.08. The number of esters is 1. The van der Waals surface area contributed by atoms with E-state index in [1.165, 1.54) is 0 Å². The third kappa shape index (κ3) is 29.7. The molecule has 0 rings (SSSR count). The van der Waals surface area contributed by atoms with Crippen LogP contribution in [0.1, 0.15) is 27.2 Å². The van der Waals surface area contributed by atoms with Crippen LogP contribution in [0.5, 0.6) is 0 Å². The molecule has 0 aliphatic heterocycles. The molecule has 0 unspecified atom stereocenters. The first-order valence-electron chi connectivity index (χ1n) is 11.9. The average molecular weight is 562 g/mol. The van der Waals surface area contributed by atoms with Gasteiger partial charge in [0.2, 0.25) is 0 Å². The molecule has 0 aromatic rings. The molecule has 0 fully saturated rings. The van der Waals surface area contributed by atoms with Crippen LogP contribution in [0.3, 0.4) is 0 Å². The predicted octanol–water partition coefficient (Wildman–Crippen LogP) is 2.25. The van der Waals surface area contributed by atoms with Gasteiger partial charge in [0.25, 0.3) is 0 Å². The first-order chi connectivity index (χ1) is 16.5. The van der Waals surface area contributed by atoms with Crippen molar-refractivity contribution in [2.75, 3.05) is 111 Å². The minimum absolute atomic E-state index is 0.239. The quantitative estimate of drug-likeness (QED) is 0.0888. The largest absolute Gasteiger partial charge is 0.460 e. The molecule has 10 nitrogen and oxygen atoms in total.